The van der Waals surface area contributed by atoms with Gasteiger partial charge in [0.15, 0.2) is 0 Å². The lowest BCUT2D eigenvalue weighted by atomic mass is 9.95. The van der Waals surface area contributed by atoms with Gasteiger partial charge in [0.1, 0.15) is 5.82 Å². The monoisotopic (exact) mass is 334 g/mol. The van der Waals surface area contributed by atoms with E-state index in [0.29, 0.717) is 6.54 Å². The Morgan fingerprint density at radius 3 is 2.84 bits per heavy atom. The number of aryl methyl sites for hydroxylation is 1. The average Bonchev–Trinajstić information content (AvgIpc) is 2.90. The summed E-state index contributed by atoms with van der Waals surface area (Å²) < 4.78 is 0. The van der Waals surface area contributed by atoms with Gasteiger partial charge < -0.3 is 10.2 Å². The molecular weight excluding hydrogens is 312 g/mol. The van der Waals surface area contributed by atoms with Crippen LogP contribution in [0.5, 0.6) is 0 Å². The number of hydrogen-bond acceptors (Lipinski definition) is 3. The summed E-state index contributed by atoms with van der Waals surface area (Å²) in [6.45, 7) is 2.29. The predicted molar refractivity (Wildman–Crippen MR) is 96.7 cm³/mol. The third kappa shape index (κ3) is 3.27. The molecule has 1 aromatic carbocycles. The van der Waals surface area contributed by atoms with E-state index in [-0.39, 0.29) is 18.1 Å². The molecule has 1 aromatic heterocycles. The van der Waals surface area contributed by atoms with Crippen LogP contribution in [0.15, 0.2) is 48.7 Å². The van der Waals surface area contributed by atoms with Crippen LogP contribution in [-0.2, 0) is 6.54 Å². The molecule has 0 radical (unpaired) electrons. The molecule has 2 aliphatic rings. The number of carbonyl (C=O) groups excluding carboxylic acids is 1. The molecule has 2 bridgehead atoms. The van der Waals surface area contributed by atoms with Crippen LogP contribution in [0.3, 0.4) is 0 Å². The van der Waals surface area contributed by atoms with Crippen LogP contribution in [0.25, 0.3) is 5.57 Å². The Bertz CT molecular complexity index is 802. The van der Waals surface area contributed by atoms with Crippen molar-refractivity contribution >= 4 is 11.6 Å². The Morgan fingerprint density at radius 2 is 2.08 bits per heavy atom. The highest BCUT2D eigenvalue weighted by molar-refractivity contribution is 5.78. The van der Waals surface area contributed by atoms with Crippen molar-refractivity contribution in [1.82, 2.24) is 20.2 Å². The van der Waals surface area contributed by atoms with Crippen molar-refractivity contribution in [1.29, 1.82) is 0 Å². The van der Waals surface area contributed by atoms with Crippen molar-refractivity contribution in [2.45, 2.75) is 44.8 Å². The Hall–Kier alpha value is -2.69. The Labute approximate surface area is 147 Å². The van der Waals surface area contributed by atoms with Gasteiger partial charge in [-0.15, -0.1) is 0 Å². The summed E-state index contributed by atoms with van der Waals surface area (Å²) in [6.07, 6.45) is 7.04. The minimum Gasteiger partial charge on any atom is -0.332 e. The van der Waals surface area contributed by atoms with E-state index in [9.17, 15) is 4.79 Å². The van der Waals surface area contributed by atoms with Gasteiger partial charge in [-0.25, -0.2) is 14.8 Å². The third-order valence-corrected chi connectivity index (χ3v) is 5.03. The lowest BCUT2D eigenvalue weighted by Crippen LogP contribution is -2.48. The van der Waals surface area contributed by atoms with Gasteiger partial charge in [0.2, 0.25) is 0 Å². The van der Waals surface area contributed by atoms with E-state index in [2.05, 4.69) is 45.6 Å². The number of hydrogen-bond donors (Lipinski definition) is 1. The lowest BCUT2D eigenvalue weighted by molar-refractivity contribution is 0.179. The molecule has 4 rings (SSSR count). The maximum Gasteiger partial charge on any atom is 0.318 e. The van der Waals surface area contributed by atoms with Crippen LogP contribution in [0.4, 0.5) is 4.79 Å². The van der Waals surface area contributed by atoms with Crippen molar-refractivity contribution in [3.8, 4) is 0 Å². The van der Waals surface area contributed by atoms with E-state index in [4.69, 9.17) is 0 Å². The van der Waals surface area contributed by atoms with E-state index in [1.165, 1.54) is 11.1 Å². The second-order valence-electron chi connectivity index (χ2n) is 6.72. The summed E-state index contributed by atoms with van der Waals surface area (Å²) >= 11 is 0. The lowest BCUT2D eigenvalue weighted by Gasteiger charge is -2.34. The first-order valence-corrected chi connectivity index (χ1v) is 8.81. The first-order valence-electron chi connectivity index (χ1n) is 8.81. The Balaban J connectivity index is 1.45. The van der Waals surface area contributed by atoms with Crippen LogP contribution < -0.4 is 5.32 Å². The number of aromatic nitrogens is 2. The molecule has 0 saturated carbocycles. The van der Waals surface area contributed by atoms with Gasteiger partial charge in [-0.05, 0) is 43.4 Å². The maximum absolute atomic E-state index is 12.7. The fourth-order valence-electron chi connectivity index (χ4n) is 3.87. The Kier molecular flexibility index (Phi) is 4.22. The normalized spacial score (nSPS) is 21.8. The van der Waals surface area contributed by atoms with Gasteiger partial charge in [0.05, 0.1) is 18.3 Å². The molecule has 5 nitrogen and oxygen atoms in total. The van der Waals surface area contributed by atoms with E-state index in [1.54, 1.807) is 6.20 Å². The zero-order valence-electron chi connectivity index (χ0n) is 14.4. The number of rotatable bonds is 3. The summed E-state index contributed by atoms with van der Waals surface area (Å²) in [7, 11) is 0. The van der Waals surface area contributed by atoms with Crippen molar-refractivity contribution in [3.05, 3.63) is 65.8 Å². The molecule has 2 aromatic rings. The van der Waals surface area contributed by atoms with Crippen LogP contribution in [0, 0.1) is 6.92 Å². The van der Waals surface area contributed by atoms with Gasteiger partial charge in [-0.3, -0.25) is 0 Å². The van der Waals surface area contributed by atoms with Crippen molar-refractivity contribution in [3.63, 3.8) is 0 Å². The summed E-state index contributed by atoms with van der Waals surface area (Å²) in [4.78, 5) is 23.1. The molecule has 25 heavy (non-hydrogen) atoms. The van der Waals surface area contributed by atoms with Crippen LogP contribution in [0.2, 0.25) is 0 Å². The molecule has 1 fully saturated rings. The molecule has 2 aliphatic heterocycles. The first-order chi connectivity index (χ1) is 12.2. The second kappa shape index (κ2) is 6.67. The SMILES string of the molecule is Cc1nccc(CNC(=O)N2[C@@H]3CC[C@@H]2C=C(c2ccccc2)C3)n1. The quantitative estimate of drug-likeness (QED) is 0.937. The van der Waals surface area contributed by atoms with Crippen molar-refractivity contribution in [2.24, 2.45) is 0 Å². The van der Waals surface area contributed by atoms with Crippen LogP contribution in [-0.4, -0.2) is 33.0 Å². The zero-order chi connectivity index (χ0) is 17.2. The molecular formula is C20H22N4O. The highest BCUT2D eigenvalue weighted by Gasteiger charge is 2.39. The minimum atomic E-state index is 0.00660. The third-order valence-electron chi connectivity index (χ3n) is 5.03. The van der Waals surface area contributed by atoms with Crippen molar-refractivity contribution in [2.75, 3.05) is 0 Å². The number of benzene rings is 1. The maximum atomic E-state index is 12.7. The molecule has 1 saturated heterocycles. The van der Waals surface area contributed by atoms with Crippen LogP contribution >= 0.6 is 0 Å². The summed E-state index contributed by atoms with van der Waals surface area (Å²) in [6, 6.07) is 12.8. The molecule has 0 aliphatic carbocycles. The fourth-order valence-corrected chi connectivity index (χ4v) is 3.87. The molecule has 3 heterocycles. The summed E-state index contributed by atoms with van der Waals surface area (Å²) in [5.74, 6) is 0.722. The number of fused-ring (bicyclic) bond motifs is 2. The Morgan fingerprint density at radius 1 is 1.24 bits per heavy atom. The number of nitrogens with zero attached hydrogens (tertiary/aromatic N) is 3. The van der Waals surface area contributed by atoms with Crippen LogP contribution in [0.1, 0.15) is 36.3 Å². The van der Waals surface area contributed by atoms with Gasteiger partial charge >= 0.3 is 6.03 Å². The number of amides is 2. The first kappa shape index (κ1) is 15.8. The van der Waals surface area contributed by atoms with Gasteiger partial charge in [-0.2, -0.15) is 0 Å². The molecule has 128 valence electrons. The number of nitrogens with one attached hydrogen (secondary N) is 1. The largest absolute Gasteiger partial charge is 0.332 e. The average molecular weight is 334 g/mol. The minimum absolute atomic E-state index is 0.00660. The molecule has 5 heteroatoms. The molecule has 0 unspecified atom stereocenters. The molecule has 2 atom stereocenters. The molecule has 2 amide bonds. The van der Waals surface area contributed by atoms with E-state index >= 15 is 0 Å². The highest BCUT2D eigenvalue weighted by atomic mass is 16.2. The van der Waals surface area contributed by atoms with E-state index in [0.717, 1.165) is 30.8 Å². The summed E-state index contributed by atoms with van der Waals surface area (Å²) in [5.41, 5.74) is 3.48. The topological polar surface area (TPSA) is 58.1 Å². The molecule has 0 spiro atoms. The smallest absolute Gasteiger partial charge is 0.318 e. The van der Waals surface area contributed by atoms with Gasteiger partial charge in [-0.1, -0.05) is 36.4 Å². The van der Waals surface area contributed by atoms with E-state index < -0.39 is 0 Å². The fraction of sp³-hybridized carbons (Fsp3) is 0.350. The summed E-state index contributed by atoms with van der Waals surface area (Å²) in [5, 5.41) is 3.02. The zero-order valence-corrected chi connectivity index (χ0v) is 14.4. The van der Waals surface area contributed by atoms with Gasteiger partial charge in [0, 0.05) is 12.2 Å². The van der Waals surface area contributed by atoms with Gasteiger partial charge in [0.25, 0.3) is 0 Å². The highest BCUT2D eigenvalue weighted by Crippen LogP contribution is 2.38. The van der Waals surface area contributed by atoms with E-state index in [1.807, 2.05) is 24.0 Å². The van der Waals surface area contributed by atoms with Crippen molar-refractivity contribution < 1.29 is 4.79 Å². The molecule has 1 N–H and O–H groups in total. The predicted octanol–water partition coefficient (Wildman–Crippen LogP) is 3.31. The number of carbonyl (C=O) groups is 1. The second-order valence-corrected chi connectivity index (χ2v) is 6.72. The standard InChI is InChI=1S/C20H22N4O/c1-14-21-10-9-17(23-14)13-22-20(25)24-18-7-8-19(24)12-16(11-18)15-5-3-2-4-6-15/h2-6,9-11,18-19H,7-8,12-13H2,1H3,(H,22,25)/t18-,19-/m1/s1. The number of urea groups is 1.